The normalized spacial score (nSPS) is 11.2. The number of rotatable bonds is 5. The molecule has 1 aromatic heterocycles. The Bertz CT molecular complexity index is 549. The van der Waals surface area contributed by atoms with Crippen molar-refractivity contribution in [2.45, 2.75) is 50.4 Å². The highest BCUT2D eigenvalue weighted by molar-refractivity contribution is 7.99. The van der Waals surface area contributed by atoms with Crippen molar-refractivity contribution in [2.75, 3.05) is 0 Å². The lowest BCUT2D eigenvalue weighted by Gasteiger charge is -2.12. The standard InChI is InChI=1S/C15H20N2OS/c1-10(2)16-8-13-7-11(3)5-6-14(13)19-15-17-12(4)9-18-15/h5-7,9-10,16H,8H2,1-4H3. The second kappa shape index (κ2) is 6.26. The number of benzene rings is 1. The first-order valence-corrected chi connectivity index (χ1v) is 7.29. The van der Waals surface area contributed by atoms with Gasteiger partial charge in [-0.1, -0.05) is 31.5 Å². The van der Waals surface area contributed by atoms with Crippen LogP contribution in [0.4, 0.5) is 0 Å². The van der Waals surface area contributed by atoms with E-state index >= 15 is 0 Å². The first-order valence-electron chi connectivity index (χ1n) is 6.47. The van der Waals surface area contributed by atoms with E-state index in [2.05, 4.69) is 49.3 Å². The van der Waals surface area contributed by atoms with Crippen LogP contribution >= 0.6 is 11.8 Å². The van der Waals surface area contributed by atoms with Crippen molar-refractivity contribution in [3.8, 4) is 0 Å². The SMILES string of the molecule is Cc1ccc(Sc2nc(C)co2)c(CNC(C)C)c1. The van der Waals surface area contributed by atoms with E-state index in [1.54, 1.807) is 18.0 Å². The second-order valence-corrected chi connectivity index (χ2v) is 6.00. The minimum absolute atomic E-state index is 0.474. The molecule has 0 aliphatic carbocycles. The average Bonchev–Trinajstić information content (AvgIpc) is 2.75. The molecule has 0 aliphatic heterocycles. The lowest BCUT2D eigenvalue weighted by atomic mass is 10.1. The van der Waals surface area contributed by atoms with E-state index in [9.17, 15) is 0 Å². The quantitative estimate of drug-likeness (QED) is 0.897. The molecule has 0 saturated heterocycles. The van der Waals surface area contributed by atoms with Crippen LogP contribution in [0.3, 0.4) is 0 Å². The highest BCUT2D eigenvalue weighted by atomic mass is 32.2. The monoisotopic (exact) mass is 276 g/mol. The Balaban J connectivity index is 2.18. The van der Waals surface area contributed by atoms with E-state index in [1.165, 1.54) is 16.0 Å². The minimum atomic E-state index is 0.474. The molecule has 0 atom stereocenters. The van der Waals surface area contributed by atoms with E-state index in [1.807, 2.05) is 6.92 Å². The lowest BCUT2D eigenvalue weighted by molar-refractivity contribution is 0.454. The average molecular weight is 276 g/mol. The summed E-state index contributed by atoms with van der Waals surface area (Å²) >= 11 is 1.58. The molecule has 0 aliphatic rings. The summed E-state index contributed by atoms with van der Waals surface area (Å²) in [5.41, 5.74) is 3.47. The van der Waals surface area contributed by atoms with Crippen molar-refractivity contribution in [2.24, 2.45) is 0 Å². The van der Waals surface area contributed by atoms with Gasteiger partial charge >= 0.3 is 0 Å². The van der Waals surface area contributed by atoms with Crippen molar-refractivity contribution in [3.63, 3.8) is 0 Å². The van der Waals surface area contributed by atoms with E-state index in [4.69, 9.17) is 4.42 Å². The Morgan fingerprint density at radius 1 is 1.32 bits per heavy atom. The third-order valence-electron chi connectivity index (χ3n) is 2.71. The molecule has 0 bridgehead atoms. The molecule has 4 heteroatoms. The fraction of sp³-hybridized carbons (Fsp3) is 0.400. The third-order valence-corrected chi connectivity index (χ3v) is 3.69. The number of aromatic nitrogens is 1. The molecule has 1 N–H and O–H groups in total. The van der Waals surface area contributed by atoms with Gasteiger partial charge in [0.05, 0.1) is 5.69 Å². The zero-order chi connectivity index (χ0) is 13.8. The smallest absolute Gasteiger partial charge is 0.260 e. The van der Waals surface area contributed by atoms with Crippen LogP contribution in [-0.2, 0) is 6.54 Å². The van der Waals surface area contributed by atoms with Crippen LogP contribution in [0.15, 0.2) is 39.0 Å². The van der Waals surface area contributed by atoms with Crippen LogP contribution in [0.25, 0.3) is 0 Å². The zero-order valence-corrected chi connectivity index (χ0v) is 12.7. The maximum Gasteiger partial charge on any atom is 0.260 e. The molecule has 102 valence electrons. The molecule has 3 nitrogen and oxygen atoms in total. The van der Waals surface area contributed by atoms with E-state index in [-0.39, 0.29) is 0 Å². The van der Waals surface area contributed by atoms with E-state index < -0.39 is 0 Å². The van der Waals surface area contributed by atoms with Crippen LogP contribution in [0, 0.1) is 13.8 Å². The van der Waals surface area contributed by atoms with Gasteiger partial charge in [0, 0.05) is 17.5 Å². The molecule has 0 spiro atoms. The maximum absolute atomic E-state index is 5.41. The maximum atomic E-state index is 5.41. The molecule has 0 amide bonds. The number of hydrogen-bond donors (Lipinski definition) is 1. The van der Waals surface area contributed by atoms with Crippen LogP contribution in [0.5, 0.6) is 0 Å². The number of hydrogen-bond acceptors (Lipinski definition) is 4. The van der Waals surface area contributed by atoms with E-state index in [0.29, 0.717) is 11.3 Å². The van der Waals surface area contributed by atoms with Gasteiger partial charge in [-0.05, 0) is 37.2 Å². The summed E-state index contributed by atoms with van der Waals surface area (Å²) in [7, 11) is 0. The fourth-order valence-corrected chi connectivity index (χ4v) is 2.61. The van der Waals surface area contributed by atoms with Gasteiger partial charge in [0.2, 0.25) is 0 Å². The van der Waals surface area contributed by atoms with Crippen molar-refractivity contribution in [3.05, 3.63) is 41.3 Å². The van der Waals surface area contributed by atoms with Gasteiger partial charge in [0.25, 0.3) is 5.22 Å². The fourth-order valence-electron chi connectivity index (χ4n) is 1.73. The second-order valence-electron chi connectivity index (χ2n) is 5.00. The predicted octanol–water partition coefficient (Wildman–Crippen LogP) is 3.94. The summed E-state index contributed by atoms with van der Waals surface area (Å²) in [6.45, 7) is 9.22. The van der Waals surface area contributed by atoms with Gasteiger partial charge in [-0.15, -0.1) is 0 Å². The first-order chi connectivity index (χ1) is 9.04. The minimum Gasteiger partial charge on any atom is -0.439 e. The topological polar surface area (TPSA) is 38.1 Å². The Morgan fingerprint density at radius 2 is 2.11 bits per heavy atom. The van der Waals surface area contributed by atoms with Crippen LogP contribution in [0.1, 0.15) is 30.7 Å². The number of oxazole rings is 1. The predicted molar refractivity (Wildman–Crippen MR) is 78.5 cm³/mol. The molecular formula is C15H20N2OS. The number of aryl methyl sites for hydroxylation is 2. The van der Waals surface area contributed by atoms with Crippen molar-refractivity contribution >= 4 is 11.8 Å². The highest BCUT2D eigenvalue weighted by Crippen LogP contribution is 2.30. The summed E-state index contributed by atoms with van der Waals surface area (Å²) in [6, 6.07) is 6.95. The molecule has 1 heterocycles. The largest absolute Gasteiger partial charge is 0.439 e. The molecule has 2 rings (SSSR count). The molecule has 0 unspecified atom stereocenters. The summed E-state index contributed by atoms with van der Waals surface area (Å²) in [6.07, 6.45) is 1.68. The summed E-state index contributed by atoms with van der Waals surface area (Å²) in [4.78, 5) is 5.54. The van der Waals surface area contributed by atoms with E-state index in [0.717, 1.165) is 12.2 Å². The molecule has 2 aromatic rings. The lowest BCUT2D eigenvalue weighted by Crippen LogP contribution is -2.22. The van der Waals surface area contributed by atoms with Crippen LogP contribution < -0.4 is 5.32 Å². The molecule has 0 fully saturated rings. The first kappa shape index (κ1) is 14.2. The molecular weight excluding hydrogens is 256 g/mol. The Kier molecular flexibility index (Phi) is 4.66. The summed E-state index contributed by atoms with van der Waals surface area (Å²) < 4.78 is 5.41. The Labute approximate surface area is 118 Å². The zero-order valence-electron chi connectivity index (χ0n) is 11.9. The molecule has 19 heavy (non-hydrogen) atoms. The summed E-state index contributed by atoms with van der Waals surface area (Å²) in [5.74, 6) is 0. The highest BCUT2D eigenvalue weighted by Gasteiger charge is 2.09. The van der Waals surface area contributed by atoms with Crippen LogP contribution in [0.2, 0.25) is 0 Å². The van der Waals surface area contributed by atoms with Crippen molar-refractivity contribution in [1.82, 2.24) is 10.3 Å². The van der Waals surface area contributed by atoms with Crippen molar-refractivity contribution < 1.29 is 4.42 Å². The number of nitrogens with one attached hydrogen (secondary N) is 1. The molecule has 0 saturated carbocycles. The van der Waals surface area contributed by atoms with Gasteiger partial charge < -0.3 is 9.73 Å². The third kappa shape index (κ3) is 4.11. The van der Waals surface area contributed by atoms with Crippen molar-refractivity contribution in [1.29, 1.82) is 0 Å². The van der Waals surface area contributed by atoms with Gasteiger partial charge in [-0.25, -0.2) is 4.98 Å². The number of nitrogens with zero attached hydrogens (tertiary/aromatic N) is 1. The molecule has 0 radical (unpaired) electrons. The summed E-state index contributed by atoms with van der Waals surface area (Å²) in [5, 5.41) is 4.16. The van der Waals surface area contributed by atoms with Crippen LogP contribution in [-0.4, -0.2) is 11.0 Å². The Morgan fingerprint density at radius 3 is 2.74 bits per heavy atom. The Hall–Kier alpha value is -1.26. The van der Waals surface area contributed by atoms with Gasteiger partial charge in [0.1, 0.15) is 6.26 Å². The van der Waals surface area contributed by atoms with Gasteiger partial charge in [-0.3, -0.25) is 0 Å². The van der Waals surface area contributed by atoms with Gasteiger partial charge in [0.15, 0.2) is 0 Å². The van der Waals surface area contributed by atoms with Gasteiger partial charge in [-0.2, -0.15) is 0 Å². The molecule has 1 aromatic carbocycles.